The molecule has 1 atom stereocenters. The first-order chi connectivity index (χ1) is 9.13. The lowest BCUT2D eigenvalue weighted by atomic mass is 9.86. The summed E-state index contributed by atoms with van der Waals surface area (Å²) < 4.78 is 6.13. The van der Waals surface area contributed by atoms with Gasteiger partial charge in [-0.05, 0) is 50.3 Å². The summed E-state index contributed by atoms with van der Waals surface area (Å²) in [6, 6.07) is 6.66. The minimum Gasteiger partial charge on any atom is -0.373 e. The van der Waals surface area contributed by atoms with Crippen molar-refractivity contribution in [3.05, 3.63) is 34.9 Å². The van der Waals surface area contributed by atoms with Crippen LogP contribution in [0.15, 0.2) is 18.2 Å². The summed E-state index contributed by atoms with van der Waals surface area (Å²) >= 11 is 0. The second kappa shape index (κ2) is 6.04. The molecule has 0 radical (unpaired) electrons. The third-order valence-corrected chi connectivity index (χ3v) is 4.44. The Morgan fingerprint density at radius 2 is 1.95 bits per heavy atom. The highest BCUT2D eigenvalue weighted by molar-refractivity contribution is 5.33. The SMILES string of the molecule is CCOC1(C(NN)c2ccc(C)c(C)c2)CCCC1. The Balaban J connectivity index is 2.33. The summed E-state index contributed by atoms with van der Waals surface area (Å²) in [6.07, 6.45) is 4.62. The number of ether oxygens (including phenoxy) is 1. The maximum atomic E-state index is 6.13. The summed E-state index contributed by atoms with van der Waals surface area (Å²) in [5, 5.41) is 0. The molecule has 1 unspecified atom stereocenters. The molecule has 0 amide bonds. The van der Waals surface area contributed by atoms with Crippen molar-refractivity contribution in [1.29, 1.82) is 0 Å². The van der Waals surface area contributed by atoms with Gasteiger partial charge >= 0.3 is 0 Å². The van der Waals surface area contributed by atoms with Crippen molar-refractivity contribution in [3.63, 3.8) is 0 Å². The zero-order valence-corrected chi connectivity index (χ0v) is 12.3. The Labute approximate surface area is 116 Å². The van der Waals surface area contributed by atoms with Gasteiger partial charge in [-0.2, -0.15) is 0 Å². The molecule has 3 nitrogen and oxygen atoms in total. The van der Waals surface area contributed by atoms with Crippen LogP contribution < -0.4 is 11.3 Å². The molecule has 19 heavy (non-hydrogen) atoms. The summed E-state index contributed by atoms with van der Waals surface area (Å²) in [5.41, 5.74) is 6.73. The number of aryl methyl sites for hydroxylation is 2. The Hall–Kier alpha value is -0.900. The number of rotatable bonds is 5. The van der Waals surface area contributed by atoms with Crippen molar-refractivity contribution >= 4 is 0 Å². The molecule has 2 rings (SSSR count). The van der Waals surface area contributed by atoms with E-state index < -0.39 is 0 Å². The van der Waals surface area contributed by atoms with Crippen LogP contribution in [0.3, 0.4) is 0 Å². The van der Waals surface area contributed by atoms with Gasteiger partial charge in [0.05, 0.1) is 11.6 Å². The van der Waals surface area contributed by atoms with Gasteiger partial charge in [-0.3, -0.25) is 11.3 Å². The molecule has 0 spiro atoms. The molecule has 1 saturated carbocycles. The minimum absolute atomic E-state index is 0.0780. The molecule has 0 saturated heterocycles. The molecule has 1 aliphatic carbocycles. The molecule has 0 bridgehead atoms. The summed E-state index contributed by atoms with van der Waals surface area (Å²) in [4.78, 5) is 0. The van der Waals surface area contributed by atoms with Gasteiger partial charge in [-0.15, -0.1) is 0 Å². The second-order valence-electron chi connectivity index (χ2n) is 5.65. The van der Waals surface area contributed by atoms with E-state index in [1.807, 2.05) is 0 Å². The monoisotopic (exact) mass is 262 g/mol. The Morgan fingerprint density at radius 3 is 2.47 bits per heavy atom. The first kappa shape index (κ1) is 14.5. The van der Waals surface area contributed by atoms with Gasteiger partial charge in [0, 0.05) is 6.61 Å². The fourth-order valence-corrected chi connectivity index (χ4v) is 3.27. The minimum atomic E-state index is -0.134. The Kier molecular flexibility index (Phi) is 4.61. The average Bonchev–Trinajstić information content (AvgIpc) is 2.84. The maximum absolute atomic E-state index is 6.13. The lowest BCUT2D eigenvalue weighted by molar-refractivity contribution is -0.0627. The van der Waals surface area contributed by atoms with Crippen LogP contribution in [0, 0.1) is 13.8 Å². The van der Waals surface area contributed by atoms with Crippen LogP contribution in [0.5, 0.6) is 0 Å². The van der Waals surface area contributed by atoms with Crippen LogP contribution >= 0.6 is 0 Å². The van der Waals surface area contributed by atoms with Crippen molar-refractivity contribution < 1.29 is 4.74 Å². The first-order valence-electron chi connectivity index (χ1n) is 7.30. The molecule has 1 aromatic carbocycles. The van der Waals surface area contributed by atoms with E-state index in [4.69, 9.17) is 10.6 Å². The van der Waals surface area contributed by atoms with E-state index in [-0.39, 0.29) is 11.6 Å². The molecule has 0 aliphatic heterocycles. The molecule has 3 N–H and O–H groups in total. The molecule has 0 aromatic heterocycles. The summed E-state index contributed by atoms with van der Waals surface area (Å²) in [5.74, 6) is 5.86. The second-order valence-corrected chi connectivity index (χ2v) is 5.65. The van der Waals surface area contributed by atoms with Crippen LogP contribution in [0.25, 0.3) is 0 Å². The van der Waals surface area contributed by atoms with Crippen molar-refractivity contribution in [2.45, 2.75) is 58.1 Å². The number of benzene rings is 1. The number of hydrogen-bond donors (Lipinski definition) is 2. The first-order valence-corrected chi connectivity index (χ1v) is 7.30. The van der Waals surface area contributed by atoms with E-state index in [0.717, 1.165) is 19.4 Å². The van der Waals surface area contributed by atoms with Crippen LogP contribution in [0.1, 0.15) is 55.3 Å². The Morgan fingerprint density at radius 1 is 1.26 bits per heavy atom. The number of hydrogen-bond acceptors (Lipinski definition) is 3. The zero-order valence-electron chi connectivity index (χ0n) is 12.3. The van der Waals surface area contributed by atoms with E-state index in [1.54, 1.807) is 0 Å². The summed E-state index contributed by atoms with van der Waals surface area (Å²) in [6.45, 7) is 7.09. The van der Waals surface area contributed by atoms with E-state index in [2.05, 4.69) is 44.4 Å². The van der Waals surface area contributed by atoms with E-state index in [0.29, 0.717) is 0 Å². The van der Waals surface area contributed by atoms with Gasteiger partial charge in [0.15, 0.2) is 0 Å². The van der Waals surface area contributed by atoms with Gasteiger partial charge in [-0.1, -0.05) is 31.0 Å². The third-order valence-electron chi connectivity index (χ3n) is 4.44. The van der Waals surface area contributed by atoms with E-state index >= 15 is 0 Å². The summed E-state index contributed by atoms with van der Waals surface area (Å²) in [7, 11) is 0. The quantitative estimate of drug-likeness (QED) is 0.633. The molecule has 3 heteroatoms. The van der Waals surface area contributed by atoms with Crippen LogP contribution in [-0.2, 0) is 4.74 Å². The van der Waals surface area contributed by atoms with E-state index in [1.165, 1.54) is 29.5 Å². The molecule has 0 heterocycles. The van der Waals surface area contributed by atoms with Gasteiger partial charge in [0.25, 0.3) is 0 Å². The lowest BCUT2D eigenvalue weighted by Gasteiger charge is -2.37. The van der Waals surface area contributed by atoms with Crippen LogP contribution in [0.2, 0.25) is 0 Å². The number of nitrogens with two attached hydrogens (primary N) is 1. The van der Waals surface area contributed by atoms with Crippen molar-refractivity contribution in [3.8, 4) is 0 Å². The molecule has 1 aromatic rings. The third kappa shape index (κ3) is 2.83. The van der Waals surface area contributed by atoms with Gasteiger partial charge < -0.3 is 4.74 Å². The van der Waals surface area contributed by atoms with Crippen LogP contribution in [-0.4, -0.2) is 12.2 Å². The predicted molar refractivity (Wildman–Crippen MR) is 78.8 cm³/mol. The number of hydrazine groups is 1. The van der Waals surface area contributed by atoms with Crippen molar-refractivity contribution in [2.75, 3.05) is 6.61 Å². The van der Waals surface area contributed by atoms with Crippen LogP contribution in [0.4, 0.5) is 0 Å². The highest BCUT2D eigenvalue weighted by Gasteiger charge is 2.42. The topological polar surface area (TPSA) is 47.3 Å². The highest BCUT2D eigenvalue weighted by atomic mass is 16.5. The molecule has 1 aliphatic rings. The smallest absolute Gasteiger partial charge is 0.0889 e. The van der Waals surface area contributed by atoms with Gasteiger partial charge in [-0.25, -0.2) is 0 Å². The molecular weight excluding hydrogens is 236 g/mol. The molecular formula is C16H26N2O. The molecule has 106 valence electrons. The largest absolute Gasteiger partial charge is 0.373 e. The standard InChI is InChI=1S/C16H26N2O/c1-4-19-16(9-5-6-10-16)15(18-17)14-8-7-12(2)13(3)11-14/h7-8,11,15,18H,4-6,9-10,17H2,1-3H3. The zero-order chi connectivity index (χ0) is 13.9. The van der Waals surface area contributed by atoms with E-state index in [9.17, 15) is 0 Å². The fourth-order valence-electron chi connectivity index (χ4n) is 3.27. The fraction of sp³-hybridized carbons (Fsp3) is 0.625. The average molecular weight is 262 g/mol. The normalized spacial score (nSPS) is 19.6. The number of nitrogens with one attached hydrogen (secondary N) is 1. The lowest BCUT2D eigenvalue weighted by Crippen LogP contribution is -2.47. The van der Waals surface area contributed by atoms with Gasteiger partial charge in [0.1, 0.15) is 0 Å². The molecule has 1 fully saturated rings. The predicted octanol–water partition coefficient (Wildman–Crippen LogP) is 3.16. The van der Waals surface area contributed by atoms with Crippen molar-refractivity contribution in [1.82, 2.24) is 5.43 Å². The highest BCUT2D eigenvalue weighted by Crippen LogP contribution is 2.42. The Bertz CT molecular complexity index is 425. The van der Waals surface area contributed by atoms with Crippen molar-refractivity contribution in [2.24, 2.45) is 5.84 Å². The van der Waals surface area contributed by atoms with Gasteiger partial charge in [0.2, 0.25) is 0 Å². The maximum Gasteiger partial charge on any atom is 0.0889 e.